The van der Waals surface area contributed by atoms with E-state index in [1.54, 1.807) is 36.7 Å². The van der Waals surface area contributed by atoms with Gasteiger partial charge >= 0.3 is 0 Å². The van der Waals surface area contributed by atoms with Crippen LogP contribution in [-0.2, 0) is 0 Å². The number of aromatic nitrogens is 3. The van der Waals surface area contributed by atoms with Crippen LogP contribution >= 0.6 is 0 Å². The Morgan fingerprint density at radius 2 is 2.04 bits per heavy atom. The van der Waals surface area contributed by atoms with Gasteiger partial charge in [0.05, 0.1) is 6.20 Å². The molecule has 0 saturated carbocycles. The van der Waals surface area contributed by atoms with Crippen LogP contribution in [0.5, 0.6) is 0 Å². The van der Waals surface area contributed by atoms with Crippen LogP contribution in [0.25, 0.3) is 11.1 Å². The van der Waals surface area contributed by atoms with Gasteiger partial charge in [-0.1, -0.05) is 18.2 Å². The minimum Gasteiger partial charge on any atom is -0.337 e. The highest BCUT2D eigenvalue weighted by Gasteiger charge is 2.28. The van der Waals surface area contributed by atoms with E-state index < -0.39 is 0 Å². The largest absolute Gasteiger partial charge is 0.337 e. The summed E-state index contributed by atoms with van der Waals surface area (Å²) in [6, 6.07) is 11.8. The molecule has 1 N–H and O–H groups in total. The Bertz CT molecular complexity index is 892. The second-order valence-electron chi connectivity index (χ2n) is 6.51. The molecular weight excluding hydrogens is 331 g/mol. The Kier molecular flexibility index (Phi) is 4.48. The zero-order chi connectivity index (χ0) is 17.9. The number of rotatable bonds is 3. The van der Waals surface area contributed by atoms with E-state index in [0.29, 0.717) is 12.2 Å². The number of hydrogen-bond acceptors (Lipinski definition) is 3. The number of nitrogens with zero attached hydrogens (tertiary/aromatic N) is 3. The molecule has 1 aliphatic rings. The summed E-state index contributed by atoms with van der Waals surface area (Å²) in [7, 11) is 0. The normalized spacial score (nSPS) is 17.3. The molecular formula is C20H19FN4O. The summed E-state index contributed by atoms with van der Waals surface area (Å²) < 4.78 is 13.2. The quantitative estimate of drug-likeness (QED) is 0.785. The van der Waals surface area contributed by atoms with Crippen molar-refractivity contribution in [3.05, 3.63) is 72.1 Å². The Hall–Kier alpha value is -3.02. The fraction of sp³-hybridized carbons (Fsp3) is 0.250. The first-order valence-corrected chi connectivity index (χ1v) is 8.72. The van der Waals surface area contributed by atoms with Gasteiger partial charge in [0.15, 0.2) is 0 Å². The molecule has 1 atom stereocenters. The summed E-state index contributed by atoms with van der Waals surface area (Å²) >= 11 is 0. The number of carbonyl (C=O) groups excluding carboxylic acids is 1. The number of likely N-dealkylation sites (tertiary alicyclic amines) is 1. The number of nitrogens with one attached hydrogen (secondary N) is 1. The molecule has 1 aliphatic heterocycles. The minimum absolute atomic E-state index is 0.0434. The third-order valence-corrected chi connectivity index (χ3v) is 4.82. The van der Waals surface area contributed by atoms with Crippen LogP contribution in [0.3, 0.4) is 0 Å². The molecule has 5 nitrogen and oxygen atoms in total. The van der Waals surface area contributed by atoms with Crippen molar-refractivity contribution in [1.29, 1.82) is 0 Å². The van der Waals surface area contributed by atoms with Crippen molar-refractivity contribution in [3.8, 4) is 11.1 Å². The van der Waals surface area contributed by atoms with Crippen molar-refractivity contribution in [1.82, 2.24) is 20.1 Å². The molecule has 6 heteroatoms. The maximum absolute atomic E-state index is 13.2. The third kappa shape index (κ3) is 3.22. The van der Waals surface area contributed by atoms with Crippen LogP contribution in [-0.4, -0.2) is 39.1 Å². The van der Waals surface area contributed by atoms with E-state index >= 15 is 0 Å². The average molecular weight is 350 g/mol. The van der Waals surface area contributed by atoms with Gasteiger partial charge in [-0.25, -0.2) is 4.39 Å². The van der Waals surface area contributed by atoms with Crippen molar-refractivity contribution >= 4 is 5.91 Å². The maximum Gasteiger partial charge on any atom is 0.272 e. The number of carbonyl (C=O) groups is 1. The van der Waals surface area contributed by atoms with Gasteiger partial charge in [0.1, 0.15) is 11.5 Å². The van der Waals surface area contributed by atoms with Gasteiger partial charge in [0, 0.05) is 36.5 Å². The second kappa shape index (κ2) is 7.07. The van der Waals surface area contributed by atoms with Gasteiger partial charge < -0.3 is 4.90 Å². The zero-order valence-electron chi connectivity index (χ0n) is 14.2. The molecule has 4 rings (SSSR count). The number of aromatic amines is 1. The van der Waals surface area contributed by atoms with Crippen molar-refractivity contribution in [2.75, 3.05) is 13.1 Å². The lowest BCUT2D eigenvalue weighted by Gasteiger charge is -2.32. The smallest absolute Gasteiger partial charge is 0.272 e. The number of H-pyrrole nitrogens is 1. The molecule has 2 aromatic heterocycles. The highest BCUT2D eigenvalue weighted by molar-refractivity contribution is 5.92. The Morgan fingerprint density at radius 3 is 2.81 bits per heavy atom. The summed E-state index contributed by atoms with van der Waals surface area (Å²) in [5.41, 5.74) is 3.34. The van der Waals surface area contributed by atoms with E-state index in [2.05, 4.69) is 15.2 Å². The average Bonchev–Trinajstić information content (AvgIpc) is 3.19. The lowest BCUT2D eigenvalue weighted by Crippen LogP contribution is -2.39. The third-order valence-electron chi connectivity index (χ3n) is 4.82. The van der Waals surface area contributed by atoms with Crippen LogP contribution in [0.4, 0.5) is 4.39 Å². The molecule has 0 bridgehead atoms. The number of pyridine rings is 1. The van der Waals surface area contributed by atoms with Gasteiger partial charge in [-0.2, -0.15) is 5.10 Å². The highest BCUT2D eigenvalue weighted by Crippen LogP contribution is 2.33. The fourth-order valence-electron chi connectivity index (χ4n) is 3.52. The summed E-state index contributed by atoms with van der Waals surface area (Å²) in [6.45, 7) is 1.34. The van der Waals surface area contributed by atoms with Crippen molar-refractivity contribution in [2.45, 2.75) is 18.8 Å². The number of piperidine rings is 1. The Morgan fingerprint density at radius 1 is 1.19 bits per heavy atom. The number of benzene rings is 1. The van der Waals surface area contributed by atoms with Gasteiger partial charge in [0.25, 0.3) is 5.91 Å². The molecule has 1 amide bonds. The molecule has 1 aromatic carbocycles. The van der Waals surface area contributed by atoms with E-state index in [0.717, 1.165) is 36.2 Å². The lowest BCUT2D eigenvalue weighted by molar-refractivity contribution is 0.0700. The standard InChI is InChI=1S/C20H19FN4O/c21-16-8-6-14(7-9-16)17-12-23-24-19(17)15-4-3-11-25(13-15)20(26)18-5-1-2-10-22-18/h1-2,5-10,12,15H,3-4,11,13H2,(H,23,24)/t15-/m0/s1. The number of hydrogen-bond donors (Lipinski definition) is 1. The van der Waals surface area contributed by atoms with Gasteiger partial charge in [0.2, 0.25) is 0 Å². The van der Waals surface area contributed by atoms with Crippen LogP contribution in [0.1, 0.15) is 34.9 Å². The lowest BCUT2D eigenvalue weighted by atomic mass is 9.90. The molecule has 132 valence electrons. The van der Waals surface area contributed by atoms with Crippen molar-refractivity contribution in [2.24, 2.45) is 0 Å². The monoisotopic (exact) mass is 350 g/mol. The topological polar surface area (TPSA) is 61.9 Å². The highest BCUT2D eigenvalue weighted by atomic mass is 19.1. The predicted molar refractivity (Wildman–Crippen MR) is 96.1 cm³/mol. The molecule has 0 radical (unpaired) electrons. The van der Waals surface area contributed by atoms with E-state index in [1.165, 1.54) is 12.1 Å². The fourth-order valence-corrected chi connectivity index (χ4v) is 3.52. The summed E-state index contributed by atoms with van der Waals surface area (Å²) in [6.07, 6.45) is 5.30. The maximum atomic E-state index is 13.2. The molecule has 0 unspecified atom stereocenters. The summed E-state index contributed by atoms with van der Waals surface area (Å²) in [5, 5.41) is 7.28. The Labute approximate surface area is 150 Å². The van der Waals surface area contributed by atoms with Crippen LogP contribution in [0, 0.1) is 5.82 Å². The molecule has 3 heterocycles. The van der Waals surface area contributed by atoms with E-state index in [4.69, 9.17) is 0 Å². The summed E-state index contributed by atoms with van der Waals surface area (Å²) in [4.78, 5) is 18.7. The number of halogens is 1. The first-order chi connectivity index (χ1) is 12.7. The van der Waals surface area contributed by atoms with Gasteiger partial charge in [-0.05, 0) is 42.7 Å². The molecule has 1 fully saturated rings. The SMILES string of the molecule is O=C(c1ccccn1)N1CCC[C@H](c2[nH]ncc2-c2ccc(F)cc2)C1. The molecule has 3 aromatic rings. The molecule has 26 heavy (non-hydrogen) atoms. The number of amides is 1. The first-order valence-electron chi connectivity index (χ1n) is 8.72. The summed E-state index contributed by atoms with van der Waals surface area (Å²) in [5.74, 6) is -0.138. The van der Waals surface area contributed by atoms with Crippen LogP contribution in [0.2, 0.25) is 0 Å². The second-order valence-corrected chi connectivity index (χ2v) is 6.51. The van der Waals surface area contributed by atoms with E-state index in [-0.39, 0.29) is 17.6 Å². The molecule has 0 spiro atoms. The van der Waals surface area contributed by atoms with Gasteiger partial charge in [-0.3, -0.25) is 14.9 Å². The first kappa shape index (κ1) is 16.4. The van der Waals surface area contributed by atoms with Crippen molar-refractivity contribution < 1.29 is 9.18 Å². The van der Waals surface area contributed by atoms with E-state index in [1.807, 2.05) is 11.0 Å². The van der Waals surface area contributed by atoms with Crippen LogP contribution in [0.15, 0.2) is 54.9 Å². The zero-order valence-corrected chi connectivity index (χ0v) is 14.2. The molecule has 1 saturated heterocycles. The Balaban J connectivity index is 1.57. The van der Waals surface area contributed by atoms with E-state index in [9.17, 15) is 9.18 Å². The van der Waals surface area contributed by atoms with Crippen LogP contribution < -0.4 is 0 Å². The predicted octanol–water partition coefficient (Wildman–Crippen LogP) is 3.63. The van der Waals surface area contributed by atoms with Gasteiger partial charge in [-0.15, -0.1) is 0 Å². The molecule has 0 aliphatic carbocycles. The van der Waals surface area contributed by atoms with Crippen molar-refractivity contribution in [3.63, 3.8) is 0 Å². The minimum atomic E-state index is -0.261.